The third-order valence-corrected chi connectivity index (χ3v) is 2.61. The summed E-state index contributed by atoms with van der Waals surface area (Å²) in [5.41, 5.74) is 8.48. The molecule has 0 unspecified atom stereocenters. The fourth-order valence-electron chi connectivity index (χ4n) is 1.23. The molecule has 1 rings (SSSR count). The molecule has 3 nitrogen and oxygen atoms in total. The van der Waals surface area contributed by atoms with Crippen molar-refractivity contribution in [2.75, 3.05) is 5.73 Å². The molecule has 0 spiro atoms. The molecule has 3 heteroatoms. The average Bonchev–Trinajstić information content (AvgIpc) is 2.19. The fourth-order valence-corrected chi connectivity index (χ4v) is 1.23. The molecule has 0 radical (unpaired) electrons. The van der Waals surface area contributed by atoms with Crippen LogP contribution in [-0.2, 0) is 6.54 Å². The van der Waals surface area contributed by atoms with Gasteiger partial charge in [-0.05, 0) is 27.2 Å². The zero-order chi connectivity index (χ0) is 11.4. The maximum atomic E-state index is 11.1. The molecule has 0 aliphatic carbocycles. The summed E-state index contributed by atoms with van der Waals surface area (Å²) in [6.45, 7) is 7.20. The van der Waals surface area contributed by atoms with Crippen LogP contribution in [0, 0.1) is 0 Å². The summed E-state index contributed by atoms with van der Waals surface area (Å²) in [5, 5.41) is 0. The van der Waals surface area contributed by atoms with Crippen LogP contribution in [0.2, 0.25) is 0 Å². The SMILES string of the molecule is CC(C)=C(C)CCn1ccc(=O)c(N)c1. The summed E-state index contributed by atoms with van der Waals surface area (Å²) in [7, 11) is 0. The molecule has 0 saturated heterocycles. The van der Waals surface area contributed by atoms with Crippen LogP contribution in [0.1, 0.15) is 27.2 Å². The molecule has 1 aromatic heterocycles. The van der Waals surface area contributed by atoms with E-state index in [1.54, 1.807) is 12.4 Å². The maximum Gasteiger partial charge on any atom is 0.204 e. The number of aromatic nitrogens is 1. The normalized spacial score (nSPS) is 10.1. The Morgan fingerprint density at radius 3 is 2.60 bits per heavy atom. The van der Waals surface area contributed by atoms with Gasteiger partial charge in [-0.2, -0.15) is 0 Å². The van der Waals surface area contributed by atoms with E-state index in [1.807, 2.05) is 4.57 Å². The third kappa shape index (κ3) is 3.27. The van der Waals surface area contributed by atoms with Gasteiger partial charge in [-0.15, -0.1) is 0 Å². The first kappa shape index (κ1) is 11.6. The lowest BCUT2D eigenvalue weighted by Crippen LogP contribution is -2.11. The minimum atomic E-state index is -0.106. The minimum Gasteiger partial charge on any atom is -0.394 e. The number of hydrogen-bond acceptors (Lipinski definition) is 2. The maximum absolute atomic E-state index is 11.1. The number of allylic oxidation sites excluding steroid dienone is 2. The van der Waals surface area contributed by atoms with Gasteiger partial charge in [0.2, 0.25) is 5.43 Å². The zero-order valence-corrected chi connectivity index (χ0v) is 9.58. The molecule has 2 N–H and O–H groups in total. The van der Waals surface area contributed by atoms with Gasteiger partial charge in [-0.3, -0.25) is 4.79 Å². The van der Waals surface area contributed by atoms with E-state index in [0.29, 0.717) is 5.69 Å². The van der Waals surface area contributed by atoms with Crippen molar-refractivity contribution in [1.29, 1.82) is 0 Å². The number of nitrogens with zero attached hydrogens (tertiary/aromatic N) is 1. The second kappa shape index (κ2) is 4.82. The number of aryl methyl sites for hydroxylation is 1. The van der Waals surface area contributed by atoms with E-state index in [1.165, 1.54) is 17.2 Å². The number of nitrogen functional groups attached to an aromatic ring is 1. The molecule has 82 valence electrons. The Labute approximate surface area is 90.2 Å². The number of pyridine rings is 1. The van der Waals surface area contributed by atoms with Crippen molar-refractivity contribution in [3.05, 3.63) is 39.8 Å². The summed E-state index contributed by atoms with van der Waals surface area (Å²) in [6, 6.07) is 1.51. The topological polar surface area (TPSA) is 48.0 Å². The van der Waals surface area contributed by atoms with Crippen molar-refractivity contribution in [3.63, 3.8) is 0 Å². The number of nitrogens with two attached hydrogens (primary N) is 1. The van der Waals surface area contributed by atoms with Crippen LogP contribution in [0.3, 0.4) is 0 Å². The summed E-state index contributed by atoms with van der Waals surface area (Å²) >= 11 is 0. The van der Waals surface area contributed by atoms with Gasteiger partial charge in [0.25, 0.3) is 0 Å². The van der Waals surface area contributed by atoms with Crippen LogP contribution >= 0.6 is 0 Å². The highest BCUT2D eigenvalue weighted by Gasteiger charge is 1.97. The first-order valence-electron chi connectivity index (χ1n) is 5.09. The fraction of sp³-hybridized carbons (Fsp3) is 0.417. The summed E-state index contributed by atoms with van der Waals surface area (Å²) in [6.07, 6.45) is 4.46. The van der Waals surface area contributed by atoms with Gasteiger partial charge in [0.1, 0.15) is 0 Å². The van der Waals surface area contributed by atoms with Crippen LogP contribution < -0.4 is 11.2 Å². The van der Waals surface area contributed by atoms with Crippen LogP contribution in [0.5, 0.6) is 0 Å². The van der Waals surface area contributed by atoms with E-state index in [4.69, 9.17) is 5.73 Å². The molecule has 0 aliphatic rings. The Balaban J connectivity index is 2.71. The molecule has 0 fully saturated rings. The minimum absolute atomic E-state index is 0.106. The molecule has 0 aromatic carbocycles. The van der Waals surface area contributed by atoms with Crippen LogP contribution in [-0.4, -0.2) is 4.57 Å². The van der Waals surface area contributed by atoms with Crippen molar-refractivity contribution < 1.29 is 0 Å². The van der Waals surface area contributed by atoms with E-state index in [2.05, 4.69) is 20.8 Å². The molecule has 0 saturated carbocycles. The highest BCUT2D eigenvalue weighted by molar-refractivity contribution is 5.33. The summed E-state index contributed by atoms with van der Waals surface area (Å²) in [5.74, 6) is 0. The first-order chi connectivity index (χ1) is 7.00. The second-order valence-electron chi connectivity index (χ2n) is 4.03. The van der Waals surface area contributed by atoms with E-state index in [0.717, 1.165) is 13.0 Å². The predicted molar refractivity (Wildman–Crippen MR) is 63.8 cm³/mol. The van der Waals surface area contributed by atoms with E-state index >= 15 is 0 Å². The highest BCUT2D eigenvalue weighted by atomic mass is 16.1. The van der Waals surface area contributed by atoms with Crippen molar-refractivity contribution in [2.24, 2.45) is 0 Å². The van der Waals surface area contributed by atoms with Crippen LogP contribution in [0.25, 0.3) is 0 Å². The molecule has 0 amide bonds. The molecule has 1 heterocycles. The molecular formula is C12H18N2O. The van der Waals surface area contributed by atoms with E-state index in [-0.39, 0.29) is 5.43 Å². The molecule has 0 atom stereocenters. The van der Waals surface area contributed by atoms with Gasteiger partial charge >= 0.3 is 0 Å². The zero-order valence-electron chi connectivity index (χ0n) is 9.58. The lowest BCUT2D eigenvalue weighted by atomic mass is 10.1. The Bertz CT molecular complexity index is 425. The number of rotatable bonds is 3. The van der Waals surface area contributed by atoms with Gasteiger partial charge in [0.15, 0.2) is 0 Å². The quantitative estimate of drug-likeness (QED) is 0.770. The monoisotopic (exact) mass is 206 g/mol. The Kier molecular flexibility index (Phi) is 3.72. The number of hydrogen-bond donors (Lipinski definition) is 1. The van der Waals surface area contributed by atoms with Gasteiger partial charge in [0, 0.05) is 25.0 Å². The van der Waals surface area contributed by atoms with Crippen LogP contribution in [0.15, 0.2) is 34.4 Å². The lowest BCUT2D eigenvalue weighted by molar-refractivity contribution is 0.684. The molecule has 0 aliphatic heterocycles. The lowest BCUT2D eigenvalue weighted by Gasteiger charge is -2.08. The van der Waals surface area contributed by atoms with Gasteiger partial charge in [-0.25, -0.2) is 0 Å². The average molecular weight is 206 g/mol. The Hall–Kier alpha value is -1.51. The molecule has 15 heavy (non-hydrogen) atoms. The van der Waals surface area contributed by atoms with Crippen molar-refractivity contribution in [1.82, 2.24) is 4.57 Å². The summed E-state index contributed by atoms with van der Waals surface area (Å²) < 4.78 is 1.95. The first-order valence-corrected chi connectivity index (χ1v) is 5.09. The second-order valence-corrected chi connectivity index (χ2v) is 4.03. The van der Waals surface area contributed by atoms with E-state index < -0.39 is 0 Å². The van der Waals surface area contributed by atoms with Gasteiger partial charge in [-0.1, -0.05) is 11.1 Å². The van der Waals surface area contributed by atoms with Crippen LogP contribution in [0.4, 0.5) is 5.69 Å². The molecule has 1 aromatic rings. The molecule has 0 bridgehead atoms. The predicted octanol–water partition coefficient (Wildman–Crippen LogP) is 2.18. The summed E-state index contributed by atoms with van der Waals surface area (Å²) in [4.78, 5) is 11.1. The van der Waals surface area contributed by atoms with Crippen molar-refractivity contribution in [2.45, 2.75) is 33.7 Å². The van der Waals surface area contributed by atoms with Gasteiger partial charge in [0.05, 0.1) is 5.69 Å². The van der Waals surface area contributed by atoms with Crippen molar-refractivity contribution in [3.8, 4) is 0 Å². The standard InChI is InChI=1S/C12H18N2O/c1-9(2)10(3)4-6-14-7-5-12(15)11(13)8-14/h5,7-8H,4,6,13H2,1-3H3. The highest BCUT2D eigenvalue weighted by Crippen LogP contribution is 2.08. The smallest absolute Gasteiger partial charge is 0.204 e. The Morgan fingerprint density at radius 1 is 1.40 bits per heavy atom. The van der Waals surface area contributed by atoms with E-state index in [9.17, 15) is 4.79 Å². The largest absolute Gasteiger partial charge is 0.394 e. The molecular weight excluding hydrogens is 188 g/mol. The van der Waals surface area contributed by atoms with Crippen molar-refractivity contribution >= 4 is 5.69 Å². The Morgan fingerprint density at radius 2 is 2.07 bits per heavy atom. The third-order valence-electron chi connectivity index (χ3n) is 2.61. The van der Waals surface area contributed by atoms with Gasteiger partial charge < -0.3 is 10.3 Å². The number of anilines is 1.